The molecule has 76 valence electrons. The van der Waals surface area contributed by atoms with Crippen molar-refractivity contribution in [2.24, 2.45) is 7.05 Å². The summed E-state index contributed by atoms with van der Waals surface area (Å²) in [6.45, 7) is 0. The SMILES string of the molecule is Cn1cc(Cc2conc2C#N)c(Br)n1. The Morgan fingerprint density at radius 1 is 1.60 bits per heavy atom. The summed E-state index contributed by atoms with van der Waals surface area (Å²) in [6, 6.07) is 1.97. The first kappa shape index (κ1) is 9.93. The van der Waals surface area contributed by atoms with Crippen LogP contribution in [0.25, 0.3) is 0 Å². The lowest BCUT2D eigenvalue weighted by atomic mass is 10.1. The highest BCUT2D eigenvalue weighted by Crippen LogP contribution is 2.19. The van der Waals surface area contributed by atoms with Gasteiger partial charge in [0.25, 0.3) is 0 Å². The Hall–Kier alpha value is -1.61. The Morgan fingerprint density at radius 3 is 3.00 bits per heavy atom. The van der Waals surface area contributed by atoms with Crippen LogP contribution in [0.4, 0.5) is 0 Å². The molecule has 0 N–H and O–H groups in total. The summed E-state index contributed by atoms with van der Waals surface area (Å²) >= 11 is 3.34. The van der Waals surface area contributed by atoms with E-state index >= 15 is 0 Å². The molecule has 0 fully saturated rings. The number of halogens is 1. The zero-order chi connectivity index (χ0) is 10.8. The van der Waals surface area contributed by atoms with E-state index in [1.165, 1.54) is 6.26 Å². The minimum atomic E-state index is 0.325. The fourth-order valence-corrected chi connectivity index (χ4v) is 1.80. The maximum absolute atomic E-state index is 8.75. The standard InChI is InChI=1S/C9H7BrN4O/c1-14-4-6(9(10)12-14)2-7-5-15-13-8(7)3-11/h4-5H,2H2,1H3. The average molecular weight is 267 g/mol. The van der Waals surface area contributed by atoms with Gasteiger partial charge in [-0.1, -0.05) is 5.16 Å². The summed E-state index contributed by atoms with van der Waals surface area (Å²) in [7, 11) is 1.84. The summed E-state index contributed by atoms with van der Waals surface area (Å²) < 4.78 is 7.22. The molecule has 0 aromatic carbocycles. The maximum Gasteiger partial charge on any atom is 0.186 e. The molecule has 2 rings (SSSR count). The lowest BCUT2D eigenvalue weighted by molar-refractivity contribution is 0.417. The van der Waals surface area contributed by atoms with Gasteiger partial charge in [-0.3, -0.25) is 4.68 Å². The second-order valence-corrected chi connectivity index (χ2v) is 3.85. The van der Waals surface area contributed by atoms with Crippen molar-refractivity contribution in [2.75, 3.05) is 0 Å². The molecule has 0 saturated carbocycles. The maximum atomic E-state index is 8.75. The van der Waals surface area contributed by atoms with Crippen LogP contribution in [-0.4, -0.2) is 14.9 Å². The first-order valence-corrected chi connectivity index (χ1v) is 5.01. The lowest BCUT2D eigenvalue weighted by Crippen LogP contribution is -1.89. The topological polar surface area (TPSA) is 67.6 Å². The highest BCUT2D eigenvalue weighted by atomic mass is 79.9. The van der Waals surface area contributed by atoms with E-state index in [2.05, 4.69) is 26.2 Å². The Morgan fingerprint density at radius 2 is 2.40 bits per heavy atom. The van der Waals surface area contributed by atoms with Crippen molar-refractivity contribution in [3.8, 4) is 6.07 Å². The number of aromatic nitrogens is 3. The van der Waals surface area contributed by atoms with Crippen molar-refractivity contribution in [3.63, 3.8) is 0 Å². The van der Waals surface area contributed by atoms with Crippen LogP contribution in [0.2, 0.25) is 0 Å². The molecule has 0 spiro atoms. The second kappa shape index (κ2) is 3.87. The predicted molar refractivity (Wildman–Crippen MR) is 54.9 cm³/mol. The van der Waals surface area contributed by atoms with Crippen LogP contribution >= 0.6 is 15.9 Å². The van der Waals surface area contributed by atoms with Gasteiger partial charge in [0.15, 0.2) is 5.69 Å². The quantitative estimate of drug-likeness (QED) is 0.829. The van der Waals surface area contributed by atoms with E-state index in [1.54, 1.807) is 4.68 Å². The fourth-order valence-electron chi connectivity index (χ4n) is 1.31. The molecule has 0 unspecified atom stereocenters. The molecule has 0 aliphatic carbocycles. The third-order valence-electron chi connectivity index (χ3n) is 1.98. The Labute approximate surface area is 94.4 Å². The highest BCUT2D eigenvalue weighted by molar-refractivity contribution is 9.10. The molecular formula is C9H7BrN4O. The smallest absolute Gasteiger partial charge is 0.186 e. The lowest BCUT2D eigenvalue weighted by Gasteiger charge is -1.92. The van der Waals surface area contributed by atoms with E-state index < -0.39 is 0 Å². The van der Waals surface area contributed by atoms with Crippen LogP contribution in [0.3, 0.4) is 0 Å². The van der Waals surface area contributed by atoms with E-state index in [1.807, 2.05) is 19.3 Å². The zero-order valence-electron chi connectivity index (χ0n) is 7.94. The van der Waals surface area contributed by atoms with Gasteiger partial charge >= 0.3 is 0 Å². The Balaban J connectivity index is 2.30. The van der Waals surface area contributed by atoms with Gasteiger partial charge < -0.3 is 4.52 Å². The van der Waals surface area contributed by atoms with E-state index in [0.29, 0.717) is 12.1 Å². The minimum Gasteiger partial charge on any atom is -0.363 e. The van der Waals surface area contributed by atoms with E-state index in [-0.39, 0.29) is 0 Å². The van der Waals surface area contributed by atoms with Gasteiger partial charge in [-0.15, -0.1) is 0 Å². The van der Waals surface area contributed by atoms with Gasteiger partial charge in [0, 0.05) is 30.8 Å². The third-order valence-corrected chi connectivity index (χ3v) is 2.65. The van der Waals surface area contributed by atoms with E-state index in [4.69, 9.17) is 9.78 Å². The molecule has 0 aliphatic heterocycles. The minimum absolute atomic E-state index is 0.325. The zero-order valence-corrected chi connectivity index (χ0v) is 9.52. The van der Waals surface area contributed by atoms with Crippen LogP contribution in [0.5, 0.6) is 0 Å². The molecule has 0 radical (unpaired) electrons. The fraction of sp³-hybridized carbons (Fsp3) is 0.222. The number of hydrogen-bond acceptors (Lipinski definition) is 4. The Kier molecular flexibility index (Phi) is 2.56. The van der Waals surface area contributed by atoms with Gasteiger partial charge in [0.1, 0.15) is 16.9 Å². The molecule has 0 bridgehead atoms. The second-order valence-electron chi connectivity index (χ2n) is 3.10. The number of nitrogens with zero attached hydrogens (tertiary/aromatic N) is 4. The molecular weight excluding hydrogens is 260 g/mol. The molecule has 0 atom stereocenters. The van der Waals surface area contributed by atoms with Crippen molar-refractivity contribution in [1.29, 1.82) is 5.26 Å². The van der Waals surface area contributed by atoms with Gasteiger partial charge in [-0.05, 0) is 15.9 Å². The van der Waals surface area contributed by atoms with E-state index in [0.717, 1.165) is 15.7 Å². The molecule has 6 heteroatoms. The normalized spacial score (nSPS) is 10.2. The van der Waals surface area contributed by atoms with Crippen LogP contribution in [-0.2, 0) is 13.5 Å². The summed E-state index contributed by atoms with van der Waals surface area (Å²) in [5.74, 6) is 0. The Bertz CT molecular complexity index is 522. The molecule has 0 amide bonds. The van der Waals surface area contributed by atoms with Crippen molar-refractivity contribution in [3.05, 3.63) is 33.9 Å². The largest absolute Gasteiger partial charge is 0.363 e. The first-order valence-electron chi connectivity index (χ1n) is 4.22. The monoisotopic (exact) mass is 266 g/mol. The molecule has 2 aromatic heterocycles. The highest BCUT2D eigenvalue weighted by Gasteiger charge is 2.11. The van der Waals surface area contributed by atoms with Crippen molar-refractivity contribution < 1.29 is 4.52 Å². The molecule has 0 saturated heterocycles. The van der Waals surface area contributed by atoms with Gasteiger partial charge in [0.05, 0.1) is 0 Å². The van der Waals surface area contributed by atoms with Crippen LogP contribution < -0.4 is 0 Å². The number of aryl methyl sites for hydroxylation is 1. The third kappa shape index (κ3) is 1.92. The first-order chi connectivity index (χ1) is 7.20. The molecule has 5 nitrogen and oxygen atoms in total. The van der Waals surface area contributed by atoms with Crippen molar-refractivity contribution in [2.45, 2.75) is 6.42 Å². The summed E-state index contributed by atoms with van der Waals surface area (Å²) in [5, 5.41) is 16.5. The molecule has 15 heavy (non-hydrogen) atoms. The van der Waals surface area contributed by atoms with Crippen LogP contribution in [0.1, 0.15) is 16.8 Å². The summed E-state index contributed by atoms with van der Waals surface area (Å²) in [6.07, 6.45) is 3.96. The van der Waals surface area contributed by atoms with Gasteiger partial charge in [0.2, 0.25) is 0 Å². The molecule has 0 aliphatic rings. The number of nitriles is 1. The van der Waals surface area contributed by atoms with Crippen LogP contribution in [0, 0.1) is 11.3 Å². The number of hydrogen-bond donors (Lipinski definition) is 0. The van der Waals surface area contributed by atoms with Gasteiger partial charge in [-0.2, -0.15) is 10.4 Å². The van der Waals surface area contributed by atoms with Crippen molar-refractivity contribution >= 4 is 15.9 Å². The summed E-state index contributed by atoms with van der Waals surface area (Å²) in [4.78, 5) is 0. The molecule has 2 heterocycles. The van der Waals surface area contributed by atoms with Crippen molar-refractivity contribution in [1.82, 2.24) is 14.9 Å². The predicted octanol–water partition coefficient (Wildman–Crippen LogP) is 1.63. The number of rotatable bonds is 2. The van der Waals surface area contributed by atoms with Gasteiger partial charge in [-0.25, -0.2) is 0 Å². The van der Waals surface area contributed by atoms with E-state index in [9.17, 15) is 0 Å². The average Bonchev–Trinajstić information content (AvgIpc) is 2.74. The molecule has 2 aromatic rings. The van der Waals surface area contributed by atoms with Crippen LogP contribution in [0.15, 0.2) is 21.6 Å². The summed E-state index contributed by atoms with van der Waals surface area (Å²) in [5.41, 5.74) is 2.09.